The van der Waals surface area contributed by atoms with Crippen molar-refractivity contribution in [3.05, 3.63) is 24.3 Å². The van der Waals surface area contributed by atoms with E-state index in [1.165, 1.54) is 50.5 Å². The molecule has 2 aromatic rings. The van der Waals surface area contributed by atoms with E-state index in [0.29, 0.717) is 6.04 Å². The molecule has 0 spiro atoms. The fourth-order valence-electron chi connectivity index (χ4n) is 2.62. The molecule has 104 valence electrons. The summed E-state index contributed by atoms with van der Waals surface area (Å²) in [5, 5.41) is 8.68. The minimum atomic E-state index is 0.513. The normalized spacial score (nSPS) is 12.9. The number of para-hydroxylation sites is 1. The largest absolute Gasteiger partial charge is 0.242 e. The minimum Gasteiger partial charge on any atom is -0.242 e. The van der Waals surface area contributed by atoms with Gasteiger partial charge in [-0.2, -0.15) is 0 Å². The zero-order valence-electron chi connectivity index (χ0n) is 12.2. The fraction of sp³-hybridized carbons (Fsp3) is 0.625. The van der Waals surface area contributed by atoms with Crippen LogP contribution in [0.4, 0.5) is 0 Å². The Morgan fingerprint density at radius 1 is 1.00 bits per heavy atom. The fourth-order valence-corrected chi connectivity index (χ4v) is 2.62. The molecular weight excluding hydrogens is 234 g/mol. The molecule has 1 aromatic carbocycles. The molecule has 1 aromatic heterocycles. The van der Waals surface area contributed by atoms with Crippen molar-refractivity contribution in [1.82, 2.24) is 15.0 Å². The highest BCUT2D eigenvalue weighted by molar-refractivity contribution is 5.73. The minimum absolute atomic E-state index is 0.513. The maximum absolute atomic E-state index is 4.39. The SMILES string of the molecule is CCCCCC(CCCC)n1nnc2ccccc21. The van der Waals surface area contributed by atoms with E-state index in [9.17, 15) is 0 Å². The van der Waals surface area contributed by atoms with Crippen LogP contribution in [0, 0.1) is 0 Å². The van der Waals surface area contributed by atoms with Gasteiger partial charge in [-0.3, -0.25) is 0 Å². The first-order valence-electron chi connectivity index (χ1n) is 7.66. The van der Waals surface area contributed by atoms with Crippen LogP contribution in [0.25, 0.3) is 11.0 Å². The van der Waals surface area contributed by atoms with Crippen LogP contribution in [0.5, 0.6) is 0 Å². The van der Waals surface area contributed by atoms with Crippen molar-refractivity contribution in [3.63, 3.8) is 0 Å². The van der Waals surface area contributed by atoms with Crippen LogP contribution in [0.1, 0.15) is 64.8 Å². The molecule has 2 rings (SSSR count). The molecule has 0 saturated heterocycles. The molecule has 0 N–H and O–H groups in total. The third-order valence-corrected chi connectivity index (χ3v) is 3.76. The zero-order chi connectivity index (χ0) is 13.5. The van der Waals surface area contributed by atoms with Crippen LogP contribution in [0.2, 0.25) is 0 Å². The molecule has 1 heterocycles. The molecule has 0 amide bonds. The molecule has 19 heavy (non-hydrogen) atoms. The molecule has 1 unspecified atom stereocenters. The predicted molar refractivity (Wildman–Crippen MR) is 80.2 cm³/mol. The summed E-state index contributed by atoms with van der Waals surface area (Å²) in [6, 6.07) is 8.79. The lowest BCUT2D eigenvalue weighted by atomic mass is 10.0. The first-order chi connectivity index (χ1) is 9.36. The van der Waals surface area contributed by atoms with E-state index in [-0.39, 0.29) is 0 Å². The van der Waals surface area contributed by atoms with Gasteiger partial charge in [0, 0.05) is 0 Å². The van der Waals surface area contributed by atoms with Crippen molar-refractivity contribution in [3.8, 4) is 0 Å². The van der Waals surface area contributed by atoms with Crippen molar-refractivity contribution >= 4 is 11.0 Å². The average molecular weight is 259 g/mol. The number of hydrogen-bond donors (Lipinski definition) is 0. The Morgan fingerprint density at radius 2 is 1.74 bits per heavy atom. The van der Waals surface area contributed by atoms with E-state index in [2.05, 4.69) is 41.0 Å². The van der Waals surface area contributed by atoms with E-state index in [1.807, 2.05) is 12.1 Å². The number of hydrogen-bond acceptors (Lipinski definition) is 2. The molecule has 1 atom stereocenters. The lowest BCUT2D eigenvalue weighted by Crippen LogP contribution is -2.11. The maximum Gasteiger partial charge on any atom is 0.113 e. The second-order valence-corrected chi connectivity index (χ2v) is 5.31. The topological polar surface area (TPSA) is 30.7 Å². The summed E-state index contributed by atoms with van der Waals surface area (Å²) in [4.78, 5) is 0. The Hall–Kier alpha value is -1.38. The Bertz CT molecular complexity index is 489. The van der Waals surface area contributed by atoms with Gasteiger partial charge < -0.3 is 0 Å². The molecule has 0 aliphatic carbocycles. The van der Waals surface area contributed by atoms with Crippen molar-refractivity contribution in [2.75, 3.05) is 0 Å². The van der Waals surface area contributed by atoms with Gasteiger partial charge in [-0.15, -0.1) is 5.10 Å². The first-order valence-corrected chi connectivity index (χ1v) is 7.66. The summed E-state index contributed by atoms with van der Waals surface area (Å²) in [7, 11) is 0. The van der Waals surface area contributed by atoms with Crippen molar-refractivity contribution in [2.45, 2.75) is 64.8 Å². The van der Waals surface area contributed by atoms with Gasteiger partial charge in [0.05, 0.1) is 11.6 Å². The molecule has 3 heteroatoms. The highest BCUT2D eigenvalue weighted by atomic mass is 15.4. The van der Waals surface area contributed by atoms with Gasteiger partial charge >= 0.3 is 0 Å². The first kappa shape index (κ1) is 14.0. The number of benzene rings is 1. The van der Waals surface area contributed by atoms with E-state index in [1.54, 1.807) is 0 Å². The monoisotopic (exact) mass is 259 g/mol. The Morgan fingerprint density at radius 3 is 2.53 bits per heavy atom. The average Bonchev–Trinajstić information content (AvgIpc) is 2.87. The molecule has 0 saturated carbocycles. The van der Waals surface area contributed by atoms with Gasteiger partial charge in [0.25, 0.3) is 0 Å². The van der Waals surface area contributed by atoms with Gasteiger partial charge in [-0.25, -0.2) is 4.68 Å². The van der Waals surface area contributed by atoms with E-state index >= 15 is 0 Å². The highest BCUT2D eigenvalue weighted by Crippen LogP contribution is 2.25. The van der Waals surface area contributed by atoms with Crippen LogP contribution in [-0.2, 0) is 0 Å². The van der Waals surface area contributed by atoms with Gasteiger partial charge in [-0.05, 0) is 25.0 Å². The summed E-state index contributed by atoms with van der Waals surface area (Å²) in [6.45, 7) is 4.51. The number of aromatic nitrogens is 3. The van der Waals surface area contributed by atoms with Gasteiger partial charge in [0.1, 0.15) is 5.52 Å². The van der Waals surface area contributed by atoms with E-state index in [4.69, 9.17) is 0 Å². The van der Waals surface area contributed by atoms with Crippen LogP contribution >= 0.6 is 0 Å². The standard InChI is InChI=1S/C16H25N3/c1-3-5-7-11-14(10-6-4-2)19-16-13-9-8-12-15(16)17-18-19/h8-9,12-14H,3-7,10-11H2,1-2H3. The predicted octanol–water partition coefficient (Wildman–Crippen LogP) is 4.74. The second kappa shape index (κ2) is 7.27. The number of unbranched alkanes of at least 4 members (excludes halogenated alkanes) is 3. The third kappa shape index (κ3) is 3.55. The second-order valence-electron chi connectivity index (χ2n) is 5.31. The lowest BCUT2D eigenvalue weighted by molar-refractivity contribution is 0.376. The highest BCUT2D eigenvalue weighted by Gasteiger charge is 2.14. The van der Waals surface area contributed by atoms with Gasteiger partial charge in [0.15, 0.2) is 0 Å². The Balaban J connectivity index is 2.15. The lowest BCUT2D eigenvalue weighted by Gasteiger charge is -2.17. The summed E-state index contributed by atoms with van der Waals surface area (Å²) in [5.74, 6) is 0. The number of rotatable bonds is 8. The quantitative estimate of drug-likeness (QED) is 0.641. The summed E-state index contributed by atoms with van der Waals surface area (Å²) < 4.78 is 2.15. The molecule has 0 fully saturated rings. The number of nitrogens with zero attached hydrogens (tertiary/aromatic N) is 3. The number of fused-ring (bicyclic) bond motifs is 1. The van der Waals surface area contributed by atoms with Crippen molar-refractivity contribution < 1.29 is 0 Å². The van der Waals surface area contributed by atoms with Crippen molar-refractivity contribution in [1.29, 1.82) is 0 Å². The molecular formula is C16H25N3. The van der Waals surface area contributed by atoms with Crippen molar-refractivity contribution in [2.24, 2.45) is 0 Å². The van der Waals surface area contributed by atoms with E-state index < -0.39 is 0 Å². The van der Waals surface area contributed by atoms with Crippen LogP contribution in [-0.4, -0.2) is 15.0 Å². The van der Waals surface area contributed by atoms with Crippen LogP contribution in [0.3, 0.4) is 0 Å². The molecule has 0 aliphatic rings. The molecule has 0 radical (unpaired) electrons. The van der Waals surface area contributed by atoms with E-state index in [0.717, 1.165) is 5.52 Å². The molecule has 0 bridgehead atoms. The smallest absolute Gasteiger partial charge is 0.113 e. The van der Waals surface area contributed by atoms with Crippen LogP contribution < -0.4 is 0 Å². The maximum atomic E-state index is 4.39. The molecule has 3 nitrogen and oxygen atoms in total. The summed E-state index contributed by atoms with van der Waals surface area (Å²) >= 11 is 0. The third-order valence-electron chi connectivity index (χ3n) is 3.76. The Labute approximate surface area is 116 Å². The van der Waals surface area contributed by atoms with Crippen LogP contribution in [0.15, 0.2) is 24.3 Å². The molecule has 0 aliphatic heterocycles. The Kier molecular flexibility index (Phi) is 5.37. The zero-order valence-corrected chi connectivity index (χ0v) is 12.2. The van der Waals surface area contributed by atoms with Gasteiger partial charge in [0.2, 0.25) is 0 Å². The van der Waals surface area contributed by atoms with Gasteiger partial charge in [-0.1, -0.05) is 63.3 Å². The summed E-state index contributed by atoms with van der Waals surface area (Å²) in [5.41, 5.74) is 2.19. The summed E-state index contributed by atoms with van der Waals surface area (Å²) in [6.07, 6.45) is 8.84.